The molecule has 22 heavy (non-hydrogen) atoms. The van der Waals surface area contributed by atoms with Gasteiger partial charge in [0.15, 0.2) is 0 Å². The van der Waals surface area contributed by atoms with E-state index in [0.717, 1.165) is 14.8 Å². The summed E-state index contributed by atoms with van der Waals surface area (Å²) in [5.74, 6) is -0.821. The summed E-state index contributed by atoms with van der Waals surface area (Å²) in [5, 5.41) is 3.17. The van der Waals surface area contributed by atoms with Gasteiger partial charge in [0.2, 0.25) is 0 Å². The number of rotatable bonds is 4. The molecular formula is C13H8BrCl2NO3S2. The zero-order chi connectivity index (χ0) is 16.3. The van der Waals surface area contributed by atoms with Crippen molar-refractivity contribution in [3.63, 3.8) is 0 Å². The minimum atomic E-state index is -3.93. The van der Waals surface area contributed by atoms with Crippen molar-refractivity contribution in [3.05, 3.63) is 60.0 Å². The summed E-state index contributed by atoms with van der Waals surface area (Å²) in [6.45, 7) is 0. The zero-order valence-corrected chi connectivity index (χ0v) is 15.4. The van der Waals surface area contributed by atoms with Crippen molar-refractivity contribution in [2.75, 3.05) is 0 Å². The quantitative estimate of drug-likeness (QED) is 0.758. The molecule has 0 radical (unpaired) electrons. The summed E-state index contributed by atoms with van der Waals surface area (Å²) in [5.41, 5.74) is 0.0295. The summed E-state index contributed by atoms with van der Waals surface area (Å²) in [6.07, 6.45) is 1.40. The molecule has 1 amide bonds. The van der Waals surface area contributed by atoms with E-state index in [9.17, 15) is 13.2 Å². The fourth-order valence-electron chi connectivity index (χ4n) is 1.46. The van der Waals surface area contributed by atoms with E-state index in [2.05, 4.69) is 15.9 Å². The van der Waals surface area contributed by atoms with Crippen molar-refractivity contribution in [3.8, 4) is 0 Å². The van der Waals surface area contributed by atoms with Crippen LogP contribution in [0.3, 0.4) is 0 Å². The first kappa shape index (κ1) is 17.5. The molecule has 4 nitrogen and oxygen atoms in total. The van der Waals surface area contributed by atoms with Gasteiger partial charge in [0.1, 0.15) is 0 Å². The lowest BCUT2D eigenvalue weighted by Gasteiger charge is -2.05. The normalized spacial score (nSPS) is 11.8. The third-order valence-electron chi connectivity index (χ3n) is 2.41. The van der Waals surface area contributed by atoms with Gasteiger partial charge in [0.05, 0.1) is 16.0 Å². The summed E-state index contributed by atoms with van der Waals surface area (Å²) in [6, 6.07) is 5.93. The van der Waals surface area contributed by atoms with Gasteiger partial charge in [-0.05, 0) is 46.3 Å². The van der Waals surface area contributed by atoms with Gasteiger partial charge in [-0.1, -0.05) is 23.2 Å². The Balaban J connectivity index is 2.14. The monoisotopic (exact) mass is 439 g/mol. The fourth-order valence-corrected chi connectivity index (χ4v) is 4.14. The Morgan fingerprint density at radius 1 is 1.27 bits per heavy atom. The second-order valence-corrected chi connectivity index (χ2v) is 8.34. The summed E-state index contributed by atoms with van der Waals surface area (Å²) in [4.78, 5) is 12.7. The van der Waals surface area contributed by atoms with Crippen LogP contribution >= 0.6 is 50.5 Å². The average Bonchev–Trinajstić information content (AvgIpc) is 2.81. The van der Waals surface area contributed by atoms with E-state index in [1.54, 1.807) is 6.07 Å². The molecule has 0 saturated heterocycles. The molecule has 1 N–H and O–H groups in total. The van der Waals surface area contributed by atoms with Crippen molar-refractivity contribution in [1.29, 1.82) is 0 Å². The van der Waals surface area contributed by atoms with Crippen molar-refractivity contribution >= 4 is 72.5 Å². The highest BCUT2D eigenvalue weighted by Crippen LogP contribution is 2.22. The molecule has 2 aromatic rings. The average molecular weight is 441 g/mol. The van der Waals surface area contributed by atoms with Gasteiger partial charge >= 0.3 is 0 Å². The van der Waals surface area contributed by atoms with Gasteiger partial charge in [0, 0.05) is 19.8 Å². The van der Waals surface area contributed by atoms with Crippen LogP contribution in [0.4, 0.5) is 0 Å². The Hall–Kier alpha value is -0.860. The molecule has 0 atom stereocenters. The van der Waals surface area contributed by atoms with Gasteiger partial charge in [-0.25, -0.2) is 13.1 Å². The van der Waals surface area contributed by atoms with Crippen molar-refractivity contribution in [2.45, 2.75) is 0 Å². The standard InChI is InChI=1S/C13H8BrCl2NO3S2/c14-8-5-10(21-7-8)3-4-22(19,20)17-13(18)11-2-1-9(15)6-12(11)16/h1-7H,(H,17,18). The lowest BCUT2D eigenvalue weighted by molar-refractivity contribution is 0.0982. The van der Waals surface area contributed by atoms with Crippen LogP contribution in [0.1, 0.15) is 15.2 Å². The Morgan fingerprint density at radius 2 is 2.00 bits per heavy atom. The van der Waals surface area contributed by atoms with Crippen LogP contribution < -0.4 is 4.72 Å². The van der Waals surface area contributed by atoms with E-state index in [1.165, 1.54) is 35.6 Å². The topological polar surface area (TPSA) is 63.2 Å². The Labute approximate surface area is 149 Å². The number of hydrogen-bond donors (Lipinski definition) is 1. The highest BCUT2D eigenvalue weighted by atomic mass is 79.9. The maximum Gasteiger partial charge on any atom is 0.266 e. The number of sulfonamides is 1. The van der Waals surface area contributed by atoms with Gasteiger partial charge in [-0.15, -0.1) is 11.3 Å². The SMILES string of the molecule is O=C(NS(=O)(=O)C=Cc1cc(Br)cs1)c1ccc(Cl)cc1Cl. The van der Waals surface area contributed by atoms with Gasteiger partial charge in [-0.2, -0.15) is 0 Å². The minimum Gasteiger partial charge on any atom is -0.268 e. The molecule has 1 aromatic carbocycles. The largest absolute Gasteiger partial charge is 0.268 e. The molecule has 0 fully saturated rings. The van der Waals surface area contributed by atoms with Crippen LogP contribution in [0.15, 0.2) is 39.5 Å². The smallest absolute Gasteiger partial charge is 0.266 e. The second kappa shape index (κ2) is 7.14. The van der Waals surface area contributed by atoms with E-state index in [0.29, 0.717) is 5.02 Å². The third-order valence-corrected chi connectivity index (χ3v) is 5.58. The van der Waals surface area contributed by atoms with E-state index >= 15 is 0 Å². The van der Waals surface area contributed by atoms with E-state index in [1.807, 2.05) is 10.1 Å². The number of amides is 1. The number of hydrogen-bond acceptors (Lipinski definition) is 4. The summed E-state index contributed by atoms with van der Waals surface area (Å²) >= 11 is 16.2. The lowest BCUT2D eigenvalue weighted by atomic mass is 10.2. The molecule has 0 bridgehead atoms. The van der Waals surface area contributed by atoms with Gasteiger partial charge in [0.25, 0.3) is 15.9 Å². The molecule has 0 saturated carbocycles. The van der Waals surface area contributed by atoms with Crippen LogP contribution in [0, 0.1) is 0 Å². The molecule has 1 heterocycles. The Bertz CT molecular complexity index is 847. The van der Waals surface area contributed by atoms with E-state index in [-0.39, 0.29) is 10.6 Å². The highest BCUT2D eigenvalue weighted by Gasteiger charge is 2.16. The Kier molecular flexibility index (Phi) is 5.68. The molecule has 0 aliphatic heterocycles. The van der Waals surface area contributed by atoms with Crippen LogP contribution in [-0.2, 0) is 10.0 Å². The first-order valence-electron chi connectivity index (χ1n) is 5.71. The van der Waals surface area contributed by atoms with Crippen molar-refractivity contribution in [2.24, 2.45) is 0 Å². The molecule has 116 valence electrons. The molecule has 2 rings (SSSR count). The predicted octanol–water partition coefficient (Wildman–Crippen LogP) is 4.55. The number of nitrogens with one attached hydrogen (secondary N) is 1. The first-order valence-corrected chi connectivity index (χ1v) is 9.69. The molecule has 0 unspecified atom stereocenters. The molecule has 0 spiro atoms. The predicted molar refractivity (Wildman–Crippen MR) is 93.9 cm³/mol. The first-order chi connectivity index (χ1) is 10.3. The van der Waals surface area contributed by atoms with Gasteiger partial charge < -0.3 is 0 Å². The summed E-state index contributed by atoms with van der Waals surface area (Å²) < 4.78 is 26.5. The molecule has 0 aliphatic carbocycles. The molecular weight excluding hydrogens is 433 g/mol. The summed E-state index contributed by atoms with van der Waals surface area (Å²) in [7, 11) is -3.93. The molecule has 0 aliphatic rings. The third kappa shape index (κ3) is 4.82. The Morgan fingerprint density at radius 3 is 2.59 bits per heavy atom. The second-order valence-electron chi connectivity index (χ2n) is 4.07. The van der Waals surface area contributed by atoms with Gasteiger partial charge in [-0.3, -0.25) is 4.79 Å². The number of halogens is 3. The number of thiophene rings is 1. The maximum absolute atomic E-state index is 12.0. The molecule has 9 heteroatoms. The van der Waals surface area contributed by atoms with Crippen molar-refractivity contribution in [1.82, 2.24) is 4.72 Å². The van der Waals surface area contributed by atoms with Crippen LogP contribution in [0.5, 0.6) is 0 Å². The minimum absolute atomic E-state index is 0.0295. The van der Waals surface area contributed by atoms with Crippen molar-refractivity contribution < 1.29 is 13.2 Å². The van der Waals surface area contributed by atoms with Crippen LogP contribution in [0.2, 0.25) is 10.0 Å². The van der Waals surface area contributed by atoms with Crippen LogP contribution in [0.25, 0.3) is 6.08 Å². The van der Waals surface area contributed by atoms with E-state index < -0.39 is 15.9 Å². The number of carbonyl (C=O) groups is 1. The molecule has 1 aromatic heterocycles. The van der Waals surface area contributed by atoms with Crippen LogP contribution in [-0.4, -0.2) is 14.3 Å². The van der Waals surface area contributed by atoms with E-state index in [4.69, 9.17) is 23.2 Å². The highest BCUT2D eigenvalue weighted by molar-refractivity contribution is 9.10. The number of carbonyl (C=O) groups excluding carboxylic acids is 1. The zero-order valence-electron chi connectivity index (χ0n) is 10.7. The number of benzene rings is 1. The fraction of sp³-hybridized carbons (Fsp3) is 0. The lowest BCUT2D eigenvalue weighted by Crippen LogP contribution is -2.28. The maximum atomic E-state index is 12.0.